The van der Waals surface area contributed by atoms with Crippen LogP contribution in [-0.4, -0.2) is 34.1 Å². The van der Waals surface area contributed by atoms with Crippen molar-refractivity contribution in [2.75, 3.05) is 14.2 Å². The maximum absolute atomic E-state index is 10.3. The smallest absolute Gasteiger partial charge is 0.161 e. The van der Waals surface area contributed by atoms with Crippen LogP contribution in [0.15, 0.2) is 42.6 Å². The van der Waals surface area contributed by atoms with E-state index < -0.39 is 0 Å². The van der Waals surface area contributed by atoms with Crippen LogP contribution >= 0.6 is 23.2 Å². The fourth-order valence-corrected chi connectivity index (χ4v) is 4.05. The zero-order chi connectivity index (χ0) is 24.2. The van der Waals surface area contributed by atoms with Gasteiger partial charge < -0.3 is 14.6 Å². The number of methoxy groups -OCH3 is 2. The third kappa shape index (κ3) is 4.65. The Bertz CT molecular complexity index is 1440. The van der Waals surface area contributed by atoms with E-state index in [2.05, 4.69) is 16.2 Å². The molecule has 0 bridgehead atoms. The normalized spacial score (nSPS) is 11.1. The summed E-state index contributed by atoms with van der Waals surface area (Å²) in [7, 11) is 3.16. The number of phenolic OH excluding ortho intramolecular Hbond substituents is 1. The number of nitrogens with zero attached hydrogens (tertiary/aromatic N) is 4. The molecule has 0 radical (unpaired) electrons. The predicted molar refractivity (Wildman–Crippen MR) is 133 cm³/mol. The molecule has 0 aliphatic heterocycles. The molecular formula is C25H20Cl2N4O3. The van der Waals surface area contributed by atoms with Crippen LogP contribution < -0.4 is 9.47 Å². The zero-order valence-electron chi connectivity index (χ0n) is 18.4. The van der Waals surface area contributed by atoms with E-state index in [1.165, 1.54) is 6.07 Å². The number of rotatable bonds is 7. The number of aromatic hydroxyl groups is 1. The SMILES string of the molecule is COc1ccc(-c2nn(CCC#N)cc2/C=C/c2ccc3c(Cl)cc(Cl)c(O)c3n2)cc1OC. The minimum atomic E-state index is -0.119. The van der Waals surface area contributed by atoms with Crippen LogP contribution in [-0.2, 0) is 6.54 Å². The molecule has 0 aliphatic rings. The molecule has 7 nitrogen and oxygen atoms in total. The summed E-state index contributed by atoms with van der Waals surface area (Å²) in [5.74, 6) is 1.08. The number of halogens is 2. The summed E-state index contributed by atoms with van der Waals surface area (Å²) in [5.41, 5.74) is 3.29. The Balaban J connectivity index is 1.76. The molecule has 0 spiro atoms. The quantitative estimate of drug-likeness (QED) is 0.328. The molecule has 0 saturated carbocycles. The van der Waals surface area contributed by atoms with Crippen molar-refractivity contribution in [3.8, 4) is 34.6 Å². The number of phenols is 1. The van der Waals surface area contributed by atoms with Crippen LogP contribution in [0.1, 0.15) is 17.7 Å². The molecule has 0 aliphatic carbocycles. The van der Waals surface area contributed by atoms with E-state index >= 15 is 0 Å². The van der Waals surface area contributed by atoms with Gasteiger partial charge in [-0.05, 0) is 48.6 Å². The summed E-state index contributed by atoms with van der Waals surface area (Å²) in [6.07, 6.45) is 5.89. The first kappa shape index (κ1) is 23.4. The van der Waals surface area contributed by atoms with Crippen molar-refractivity contribution in [1.82, 2.24) is 14.8 Å². The molecule has 1 N–H and O–H groups in total. The van der Waals surface area contributed by atoms with Crippen LogP contribution in [0.2, 0.25) is 10.0 Å². The monoisotopic (exact) mass is 494 g/mol. The molecule has 172 valence electrons. The van der Waals surface area contributed by atoms with E-state index in [4.69, 9.17) is 37.9 Å². The second kappa shape index (κ2) is 10.0. The molecule has 0 unspecified atom stereocenters. The number of pyridine rings is 1. The van der Waals surface area contributed by atoms with Gasteiger partial charge in [0, 0.05) is 22.7 Å². The third-order valence-corrected chi connectivity index (χ3v) is 5.81. The predicted octanol–water partition coefficient (Wildman–Crippen LogP) is 6.21. The lowest BCUT2D eigenvalue weighted by Crippen LogP contribution is -1.97. The van der Waals surface area contributed by atoms with Crippen molar-refractivity contribution in [3.63, 3.8) is 0 Å². The molecule has 34 heavy (non-hydrogen) atoms. The highest BCUT2D eigenvalue weighted by Crippen LogP contribution is 2.37. The average molecular weight is 495 g/mol. The summed E-state index contributed by atoms with van der Waals surface area (Å²) in [4.78, 5) is 4.51. The van der Waals surface area contributed by atoms with Crippen molar-refractivity contribution in [2.24, 2.45) is 0 Å². The lowest BCUT2D eigenvalue weighted by Gasteiger charge is -2.09. The topological polar surface area (TPSA) is 93.2 Å². The Morgan fingerprint density at radius 2 is 1.85 bits per heavy atom. The van der Waals surface area contributed by atoms with Gasteiger partial charge in [-0.1, -0.05) is 23.2 Å². The molecule has 4 rings (SSSR count). The fraction of sp³-hybridized carbons (Fsp3) is 0.160. The van der Waals surface area contributed by atoms with Gasteiger partial charge >= 0.3 is 0 Å². The Hall–Kier alpha value is -3.73. The zero-order valence-corrected chi connectivity index (χ0v) is 19.9. The summed E-state index contributed by atoms with van der Waals surface area (Å²) in [5, 5.41) is 25.1. The van der Waals surface area contributed by atoms with Crippen LogP contribution in [0.3, 0.4) is 0 Å². The van der Waals surface area contributed by atoms with E-state index in [1.807, 2.05) is 36.5 Å². The van der Waals surface area contributed by atoms with Crippen LogP contribution in [0, 0.1) is 11.3 Å². The minimum Gasteiger partial charge on any atom is -0.504 e. The Morgan fingerprint density at radius 3 is 2.59 bits per heavy atom. The number of benzene rings is 2. The molecule has 0 amide bonds. The highest BCUT2D eigenvalue weighted by molar-refractivity contribution is 6.39. The molecule has 0 atom stereocenters. The third-order valence-electron chi connectivity index (χ3n) is 5.21. The molecule has 2 heterocycles. The average Bonchev–Trinajstić information content (AvgIpc) is 3.27. The van der Waals surface area contributed by atoms with E-state index in [0.29, 0.717) is 51.8 Å². The summed E-state index contributed by atoms with van der Waals surface area (Å²) >= 11 is 12.3. The van der Waals surface area contributed by atoms with E-state index in [0.717, 1.165) is 11.1 Å². The Morgan fingerprint density at radius 1 is 1.06 bits per heavy atom. The lowest BCUT2D eigenvalue weighted by atomic mass is 10.1. The van der Waals surface area contributed by atoms with Crippen molar-refractivity contribution in [2.45, 2.75) is 13.0 Å². The van der Waals surface area contributed by atoms with Crippen LogP contribution in [0.4, 0.5) is 0 Å². The van der Waals surface area contributed by atoms with Crippen molar-refractivity contribution >= 4 is 46.3 Å². The molecule has 4 aromatic rings. The van der Waals surface area contributed by atoms with E-state index in [1.54, 1.807) is 31.0 Å². The van der Waals surface area contributed by atoms with Gasteiger partial charge in [0.1, 0.15) is 5.52 Å². The number of hydrogen-bond acceptors (Lipinski definition) is 6. The minimum absolute atomic E-state index is 0.119. The number of nitriles is 1. The second-order valence-corrected chi connectivity index (χ2v) is 8.14. The number of fused-ring (bicyclic) bond motifs is 1. The molecule has 0 saturated heterocycles. The molecule has 0 fully saturated rings. The Labute approximate surface area is 206 Å². The maximum atomic E-state index is 10.3. The van der Waals surface area contributed by atoms with Gasteiger partial charge in [-0.3, -0.25) is 4.68 Å². The number of ether oxygens (including phenoxy) is 2. The van der Waals surface area contributed by atoms with Crippen LogP contribution in [0.5, 0.6) is 17.2 Å². The van der Waals surface area contributed by atoms with Crippen molar-refractivity contribution < 1.29 is 14.6 Å². The van der Waals surface area contributed by atoms with E-state index in [9.17, 15) is 5.11 Å². The van der Waals surface area contributed by atoms with Gasteiger partial charge in [0.2, 0.25) is 0 Å². The van der Waals surface area contributed by atoms with Gasteiger partial charge in [-0.25, -0.2) is 4.98 Å². The van der Waals surface area contributed by atoms with Gasteiger partial charge in [0.05, 0.1) is 54.7 Å². The molecule has 2 aromatic heterocycles. The highest BCUT2D eigenvalue weighted by Gasteiger charge is 2.14. The number of hydrogen-bond donors (Lipinski definition) is 1. The number of aromatic nitrogens is 3. The summed E-state index contributed by atoms with van der Waals surface area (Å²) < 4.78 is 12.5. The fourth-order valence-electron chi connectivity index (χ4n) is 3.53. The first-order valence-electron chi connectivity index (χ1n) is 10.3. The van der Waals surface area contributed by atoms with Gasteiger partial charge in [0.25, 0.3) is 0 Å². The van der Waals surface area contributed by atoms with E-state index in [-0.39, 0.29) is 10.8 Å². The van der Waals surface area contributed by atoms with Crippen molar-refractivity contribution in [1.29, 1.82) is 5.26 Å². The molecular weight excluding hydrogens is 475 g/mol. The number of aryl methyl sites for hydroxylation is 1. The standard InChI is InChI=1S/C25H20Cl2N4O3/c1-33-21-9-5-15(12-22(21)34-2)23-16(14-31(30-23)11-3-10-28)4-6-17-7-8-18-19(26)13-20(27)25(32)24(18)29-17/h4-9,12-14,32H,3,11H2,1-2H3/b6-4+. The largest absolute Gasteiger partial charge is 0.504 e. The van der Waals surface area contributed by atoms with Gasteiger partial charge in [0.15, 0.2) is 17.2 Å². The highest BCUT2D eigenvalue weighted by atomic mass is 35.5. The maximum Gasteiger partial charge on any atom is 0.161 e. The Kier molecular flexibility index (Phi) is 6.92. The summed E-state index contributed by atoms with van der Waals surface area (Å²) in [6.45, 7) is 0.462. The summed E-state index contributed by atoms with van der Waals surface area (Å²) in [6, 6.07) is 12.8. The van der Waals surface area contributed by atoms with Crippen molar-refractivity contribution in [3.05, 3.63) is 63.9 Å². The lowest BCUT2D eigenvalue weighted by molar-refractivity contribution is 0.355. The molecule has 2 aromatic carbocycles. The van der Waals surface area contributed by atoms with Gasteiger partial charge in [-0.2, -0.15) is 10.4 Å². The second-order valence-electron chi connectivity index (χ2n) is 7.33. The first-order chi connectivity index (χ1) is 16.4. The molecule has 9 heteroatoms. The van der Waals surface area contributed by atoms with Gasteiger partial charge in [-0.15, -0.1) is 0 Å². The first-order valence-corrected chi connectivity index (χ1v) is 11.0. The van der Waals surface area contributed by atoms with Crippen LogP contribution in [0.25, 0.3) is 34.3 Å².